The summed E-state index contributed by atoms with van der Waals surface area (Å²) in [5.74, 6) is 0. The molecule has 142 valence electrons. The van der Waals surface area contributed by atoms with Crippen molar-refractivity contribution in [3.05, 3.63) is 28.3 Å². The number of nitro benzene ring substituents is 1. The first-order chi connectivity index (χ1) is 12.1. The predicted octanol–water partition coefficient (Wildman–Crippen LogP) is 2.10. The minimum Gasteiger partial charge on any atom is -0.407 e. The van der Waals surface area contributed by atoms with Gasteiger partial charge in [-0.05, 0) is 38.2 Å². The monoisotopic (exact) mass is 362 g/mol. The zero-order valence-electron chi connectivity index (χ0n) is 15.9. The van der Waals surface area contributed by atoms with Crippen molar-refractivity contribution in [2.45, 2.75) is 52.2 Å². The van der Waals surface area contributed by atoms with Crippen LogP contribution in [0.15, 0.2) is 18.2 Å². The van der Waals surface area contributed by atoms with Crippen LogP contribution in [0.5, 0.6) is 0 Å². The molecule has 0 radical (unpaired) electrons. The van der Waals surface area contributed by atoms with Gasteiger partial charge in [0.1, 0.15) is 5.69 Å². The highest BCUT2D eigenvalue weighted by molar-refractivity contribution is 6.61. The summed E-state index contributed by atoms with van der Waals surface area (Å²) in [4.78, 5) is 13.3. The summed E-state index contributed by atoms with van der Waals surface area (Å²) in [5.41, 5.74) is 0.229. The van der Waals surface area contributed by atoms with E-state index in [0.717, 1.165) is 12.8 Å². The molecular formula is C18H27BN2O5. The zero-order valence-corrected chi connectivity index (χ0v) is 15.9. The Kier molecular flexibility index (Phi) is 5.03. The second kappa shape index (κ2) is 6.83. The Bertz CT molecular complexity index is 679. The fourth-order valence-electron chi connectivity index (χ4n) is 3.75. The number of hydrogen-bond acceptors (Lipinski definition) is 6. The molecule has 8 heteroatoms. The molecule has 2 aliphatic rings. The summed E-state index contributed by atoms with van der Waals surface area (Å²) in [6.45, 7) is 9.39. The maximum Gasteiger partial charge on any atom is 0.494 e. The quantitative estimate of drug-likeness (QED) is 0.502. The number of aliphatic hydroxyl groups is 1. The van der Waals surface area contributed by atoms with Crippen molar-refractivity contribution in [1.82, 2.24) is 0 Å². The molecule has 1 unspecified atom stereocenters. The SMILES string of the molecule is CC1(C)COB(c2ccc(N3CCCC3C(C)(C)O)c([N+](=O)[O-])c2)OC1. The lowest BCUT2D eigenvalue weighted by atomic mass is 9.75. The zero-order chi connectivity index (χ0) is 19.1. The molecule has 0 bridgehead atoms. The molecule has 0 amide bonds. The first kappa shape index (κ1) is 19.1. The Morgan fingerprint density at radius 3 is 2.58 bits per heavy atom. The van der Waals surface area contributed by atoms with Crippen LogP contribution in [-0.2, 0) is 9.31 Å². The molecule has 7 nitrogen and oxygen atoms in total. The molecule has 1 aromatic rings. The highest BCUT2D eigenvalue weighted by atomic mass is 16.6. The molecule has 2 heterocycles. The van der Waals surface area contributed by atoms with Crippen LogP contribution in [0.25, 0.3) is 0 Å². The number of nitro groups is 1. The fraction of sp³-hybridized carbons (Fsp3) is 0.667. The summed E-state index contributed by atoms with van der Waals surface area (Å²) in [7, 11) is -0.584. The fourth-order valence-corrected chi connectivity index (χ4v) is 3.75. The second-order valence-electron chi connectivity index (χ2n) is 8.63. The van der Waals surface area contributed by atoms with E-state index in [2.05, 4.69) is 13.8 Å². The summed E-state index contributed by atoms with van der Waals surface area (Å²) in [5, 5.41) is 22.1. The van der Waals surface area contributed by atoms with Gasteiger partial charge in [0.2, 0.25) is 0 Å². The minimum absolute atomic E-state index is 0.0238. The molecule has 1 aromatic carbocycles. The summed E-state index contributed by atoms with van der Waals surface area (Å²) in [6.07, 6.45) is 1.71. The van der Waals surface area contributed by atoms with Gasteiger partial charge in [-0.15, -0.1) is 0 Å². The molecule has 1 atom stereocenters. The molecule has 1 N–H and O–H groups in total. The van der Waals surface area contributed by atoms with Gasteiger partial charge in [-0.2, -0.15) is 0 Å². The van der Waals surface area contributed by atoms with Gasteiger partial charge in [0.15, 0.2) is 0 Å². The van der Waals surface area contributed by atoms with Gasteiger partial charge < -0.3 is 19.3 Å². The first-order valence-electron chi connectivity index (χ1n) is 9.09. The van der Waals surface area contributed by atoms with Crippen LogP contribution in [-0.4, -0.2) is 48.5 Å². The largest absolute Gasteiger partial charge is 0.494 e. The summed E-state index contributed by atoms with van der Waals surface area (Å²) >= 11 is 0. The molecule has 0 spiro atoms. The number of hydrogen-bond donors (Lipinski definition) is 1. The summed E-state index contributed by atoms with van der Waals surface area (Å²) in [6, 6.07) is 4.97. The van der Waals surface area contributed by atoms with Gasteiger partial charge in [0.25, 0.3) is 5.69 Å². The average Bonchev–Trinajstić information content (AvgIpc) is 3.04. The van der Waals surface area contributed by atoms with E-state index >= 15 is 0 Å². The summed E-state index contributed by atoms with van der Waals surface area (Å²) < 4.78 is 11.5. The smallest absolute Gasteiger partial charge is 0.407 e. The van der Waals surface area contributed by atoms with Crippen molar-refractivity contribution in [3.63, 3.8) is 0 Å². The van der Waals surface area contributed by atoms with Crippen LogP contribution in [0, 0.1) is 15.5 Å². The third kappa shape index (κ3) is 3.87. The van der Waals surface area contributed by atoms with Gasteiger partial charge in [-0.3, -0.25) is 10.1 Å². The normalized spacial score (nSPS) is 23.3. The predicted molar refractivity (Wildman–Crippen MR) is 101 cm³/mol. The van der Waals surface area contributed by atoms with E-state index in [-0.39, 0.29) is 22.1 Å². The van der Waals surface area contributed by atoms with E-state index in [0.29, 0.717) is 30.9 Å². The van der Waals surface area contributed by atoms with Crippen molar-refractivity contribution in [2.75, 3.05) is 24.7 Å². The Morgan fingerprint density at radius 2 is 2.00 bits per heavy atom. The van der Waals surface area contributed by atoms with E-state index in [4.69, 9.17) is 9.31 Å². The van der Waals surface area contributed by atoms with Gasteiger partial charge in [0.05, 0.1) is 16.6 Å². The van der Waals surface area contributed by atoms with Gasteiger partial charge in [-0.1, -0.05) is 19.9 Å². The molecule has 3 rings (SSSR count). The number of rotatable bonds is 4. The molecule has 0 aromatic heterocycles. The van der Waals surface area contributed by atoms with Gasteiger partial charge >= 0.3 is 7.12 Å². The molecule has 2 aliphatic heterocycles. The number of anilines is 1. The average molecular weight is 362 g/mol. The molecule has 2 fully saturated rings. The number of benzene rings is 1. The lowest BCUT2D eigenvalue weighted by molar-refractivity contribution is -0.384. The van der Waals surface area contributed by atoms with Crippen molar-refractivity contribution >= 4 is 24.0 Å². The molecular weight excluding hydrogens is 335 g/mol. The molecule has 26 heavy (non-hydrogen) atoms. The van der Waals surface area contributed by atoms with Crippen molar-refractivity contribution in [2.24, 2.45) is 5.41 Å². The van der Waals surface area contributed by atoms with E-state index in [1.54, 1.807) is 19.9 Å². The Morgan fingerprint density at radius 1 is 1.35 bits per heavy atom. The van der Waals surface area contributed by atoms with Crippen molar-refractivity contribution in [1.29, 1.82) is 0 Å². The lowest BCUT2D eigenvalue weighted by Crippen LogP contribution is -2.48. The third-order valence-electron chi connectivity index (χ3n) is 5.10. The van der Waals surface area contributed by atoms with E-state index in [9.17, 15) is 15.2 Å². The number of nitrogens with zero attached hydrogens (tertiary/aromatic N) is 2. The van der Waals surface area contributed by atoms with Crippen LogP contribution in [0.2, 0.25) is 0 Å². The Hall–Kier alpha value is -1.64. The minimum atomic E-state index is -0.926. The molecule has 0 saturated carbocycles. The molecule has 0 aliphatic carbocycles. The first-order valence-corrected chi connectivity index (χ1v) is 9.09. The highest BCUT2D eigenvalue weighted by Gasteiger charge is 2.39. The standard InChI is InChI=1S/C18H27BN2O5/c1-17(2)11-25-19(26-12-17)13-7-8-14(15(10-13)21(23)24)20-9-5-6-16(20)18(3,4)22/h7-8,10,16,22H,5-6,9,11-12H2,1-4H3. The second-order valence-corrected chi connectivity index (χ2v) is 8.63. The maximum atomic E-state index is 11.7. The third-order valence-corrected chi connectivity index (χ3v) is 5.10. The van der Waals surface area contributed by atoms with Crippen molar-refractivity contribution in [3.8, 4) is 0 Å². The van der Waals surface area contributed by atoms with Crippen LogP contribution in [0.4, 0.5) is 11.4 Å². The lowest BCUT2D eigenvalue weighted by Gasteiger charge is -2.35. The van der Waals surface area contributed by atoms with Gasteiger partial charge in [-0.25, -0.2) is 0 Å². The van der Waals surface area contributed by atoms with Crippen molar-refractivity contribution < 1.29 is 19.3 Å². The topological polar surface area (TPSA) is 85.1 Å². The maximum absolute atomic E-state index is 11.7. The van der Waals surface area contributed by atoms with E-state index in [1.165, 1.54) is 6.07 Å². The Balaban J connectivity index is 1.90. The van der Waals surface area contributed by atoms with Crippen LogP contribution in [0.3, 0.4) is 0 Å². The van der Waals surface area contributed by atoms with E-state index in [1.807, 2.05) is 11.0 Å². The van der Waals surface area contributed by atoms with Crippen LogP contribution < -0.4 is 10.4 Å². The van der Waals surface area contributed by atoms with Gasteiger partial charge in [0, 0.05) is 31.2 Å². The highest BCUT2D eigenvalue weighted by Crippen LogP contribution is 2.36. The Labute approximate surface area is 154 Å². The van der Waals surface area contributed by atoms with E-state index < -0.39 is 12.7 Å². The van der Waals surface area contributed by atoms with Crippen LogP contribution >= 0.6 is 0 Å². The molecule has 2 saturated heterocycles. The van der Waals surface area contributed by atoms with Crippen LogP contribution in [0.1, 0.15) is 40.5 Å².